The molecule has 0 fully saturated rings. The zero-order valence-electron chi connectivity index (χ0n) is 15.7. The zero-order valence-corrected chi connectivity index (χ0v) is 18.9. The third-order valence-electron chi connectivity index (χ3n) is 4.81. The van der Waals surface area contributed by atoms with Crippen LogP contribution in [0.2, 0.25) is 0 Å². The lowest BCUT2D eigenvalue weighted by molar-refractivity contribution is -0.127. The van der Waals surface area contributed by atoms with Crippen LogP contribution in [-0.4, -0.2) is 19.0 Å². The molecule has 2 aliphatic rings. The average molecular weight is 507 g/mol. The summed E-state index contributed by atoms with van der Waals surface area (Å²) in [6, 6.07) is 7.27. The fourth-order valence-corrected chi connectivity index (χ4v) is 4.83. The molecule has 2 heterocycles. The summed E-state index contributed by atoms with van der Waals surface area (Å²) in [7, 11) is 1.57. The van der Waals surface area contributed by atoms with Crippen molar-refractivity contribution in [3.8, 4) is 11.5 Å². The van der Waals surface area contributed by atoms with E-state index >= 15 is 0 Å². The van der Waals surface area contributed by atoms with Gasteiger partial charge in [0.05, 0.1) is 23.9 Å². The zero-order chi connectivity index (χ0) is 20.4. The van der Waals surface area contributed by atoms with Gasteiger partial charge in [-0.15, -0.1) is 0 Å². The number of methoxy groups -OCH3 is 1. The lowest BCUT2D eigenvalue weighted by Gasteiger charge is -2.22. The van der Waals surface area contributed by atoms with Crippen LogP contribution in [-0.2, 0) is 15.0 Å². The number of hydrogen-bond donors (Lipinski definition) is 1. The van der Waals surface area contributed by atoms with E-state index < -0.39 is 5.97 Å². The summed E-state index contributed by atoms with van der Waals surface area (Å²) >= 11 is 6.92. The van der Waals surface area contributed by atoms with E-state index in [0.717, 1.165) is 14.5 Å². The first kappa shape index (κ1) is 19.2. The van der Waals surface area contributed by atoms with Gasteiger partial charge in [0.1, 0.15) is 11.5 Å². The summed E-state index contributed by atoms with van der Waals surface area (Å²) in [4.78, 5) is 25.7. The maximum atomic E-state index is 12.9. The van der Waals surface area contributed by atoms with Crippen molar-refractivity contribution in [2.45, 2.75) is 26.2 Å². The van der Waals surface area contributed by atoms with E-state index in [9.17, 15) is 9.59 Å². The number of esters is 1. The molecule has 0 spiro atoms. The molecule has 1 amide bonds. The fraction of sp³-hybridized carbons (Fsp3) is 0.238. The van der Waals surface area contributed by atoms with Crippen LogP contribution in [0.1, 0.15) is 37.5 Å². The molecule has 0 saturated heterocycles. The van der Waals surface area contributed by atoms with Gasteiger partial charge in [-0.05, 0) is 45.6 Å². The van der Waals surface area contributed by atoms with E-state index in [1.54, 1.807) is 13.2 Å². The van der Waals surface area contributed by atoms with Crippen LogP contribution in [0, 0.1) is 0 Å². The molecule has 0 aromatic heterocycles. The van der Waals surface area contributed by atoms with E-state index in [2.05, 4.69) is 37.2 Å². The van der Waals surface area contributed by atoms with E-state index in [4.69, 9.17) is 9.47 Å². The van der Waals surface area contributed by atoms with Gasteiger partial charge in [-0.3, -0.25) is 4.79 Å². The van der Waals surface area contributed by atoms with Crippen molar-refractivity contribution in [2.24, 2.45) is 0 Å². The minimum Gasteiger partial charge on any atom is -0.497 e. The van der Waals surface area contributed by atoms with Crippen molar-refractivity contribution < 1.29 is 19.1 Å². The molecule has 2 aromatic rings. The number of anilines is 1. The Balaban J connectivity index is 2.06. The maximum absolute atomic E-state index is 12.9. The molecule has 2 aromatic carbocycles. The largest absolute Gasteiger partial charge is 0.497 e. The Kier molecular flexibility index (Phi) is 4.43. The van der Waals surface area contributed by atoms with E-state index in [1.807, 2.05) is 39.0 Å². The first-order valence-electron chi connectivity index (χ1n) is 8.62. The van der Waals surface area contributed by atoms with E-state index in [-0.39, 0.29) is 16.9 Å². The van der Waals surface area contributed by atoms with Crippen LogP contribution < -0.4 is 14.8 Å². The number of fused-ring (bicyclic) bond motifs is 2. The molecule has 144 valence electrons. The molecule has 0 bridgehead atoms. The highest BCUT2D eigenvalue weighted by Crippen LogP contribution is 2.49. The van der Waals surface area contributed by atoms with Crippen LogP contribution in [0.25, 0.3) is 11.1 Å². The summed E-state index contributed by atoms with van der Waals surface area (Å²) in [5.41, 5.74) is 2.97. The number of hydrogen-bond acceptors (Lipinski definition) is 4. The topological polar surface area (TPSA) is 64.6 Å². The fourth-order valence-electron chi connectivity index (χ4n) is 3.51. The second-order valence-electron chi connectivity index (χ2n) is 7.71. The number of rotatable bonds is 1. The van der Waals surface area contributed by atoms with Crippen LogP contribution >= 0.6 is 31.9 Å². The number of carbonyl (C=O) groups is 2. The monoisotopic (exact) mass is 505 g/mol. The molecule has 0 radical (unpaired) electrons. The number of halogens is 2. The van der Waals surface area contributed by atoms with Crippen molar-refractivity contribution >= 4 is 60.6 Å². The molecular weight excluding hydrogens is 490 g/mol. The van der Waals surface area contributed by atoms with Crippen LogP contribution in [0.3, 0.4) is 0 Å². The lowest BCUT2D eigenvalue weighted by Crippen LogP contribution is -2.13. The van der Waals surface area contributed by atoms with Gasteiger partial charge in [-0.25, -0.2) is 4.79 Å². The quantitative estimate of drug-likeness (QED) is 0.324. The van der Waals surface area contributed by atoms with Crippen molar-refractivity contribution in [1.29, 1.82) is 0 Å². The van der Waals surface area contributed by atoms with Crippen molar-refractivity contribution in [2.75, 3.05) is 12.4 Å². The summed E-state index contributed by atoms with van der Waals surface area (Å²) in [6.45, 7) is 6.10. The third kappa shape index (κ3) is 2.88. The summed E-state index contributed by atoms with van der Waals surface area (Å²) in [5.74, 6) is 0.210. The van der Waals surface area contributed by atoms with Crippen LogP contribution in [0.15, 0.2) is 33.2 Å². The molecule has 1 N–H and O–H groups in total. The smallest absolute Gasteiger partial charge is 0.345 e. The molecule has 2 aliphatic heterocycles. The van der Waals surface area contributed by atoms with Gasteiger partial charge < -0.3 is 14.8 Å². The van der Waals surface area contributed by atoms with Gasteiger partial charge in [-0.2, -0.15) is 0 Å². The molecule has 0 atom stereocenters. The van der Waals surface area contributed by atoms with E-state index in [1.165, 1.54) is 0 Å². The summed E-state index contributed by atoms with van der Waals surface area (Å²) < 4.78 is 12.6. The van der Waals surface area contributed by atoms with Crippen LogP contribution in [0.5, 0.6) is 11.5 Å². The number of carbonyl (C=O) groups excluding carboxylic acids is 2. The molecule has 4 rings (SSSR count). The Bertz CT molecular complexity index is 1100. The molecule has 0 saturated carbocycles. The molecular formula is C21H17Br2NO4. The number of benzene rings is 2. The predicted octanol–water partition coefficient (Wildman–Crippen LogP) is 5.30. The Hall–Kier alpha value is -2.12. The molecule has 0 unspecified atom stereocenters. The lowest BCUT2D eigenvalue weighted by atomic mass is 9.84. The van der Waals surface area contributed by atoms with Crippen molar-refractivity contribution in [1.82, 2.24) is 0 Å². The maximum Gasteiger partial charge on any atom is 0.345 e. The average Bonchev–Trinajstić information content (AvgIpc) is 3.08. The minimum atomic E-state index is -0.539. The first-order valence-corrected chi connectivity index (χ1v) is 10.2. The Morgan fingerprint density at radius 2 is 1.71 bits per heavy atom. The van der Waals surface area contributed by atoms with Gasteiger partial charge in [0.15, 0.2) is 0 Å². The highest BCUT2D eigenvalue weighted by Gasteiger charge is 2.40. The molecule has 28 heavy (non-hydrogen) atoms. The predicted molar refractivity (Wildman–Crippen MR) is 115 cm³/mol. The Morgan fingerprint density at radius 1 is 1.00 bits per heavy atom. The summed E-state index contributed by atoms with van der Waals surface area (Å²) in [6.07, 6.45) is 0. The number of ether oxygens (including phenoxy) is 2. The van der Waals surface area contributed by atoms with Gasteiger partial charge in [-0.1, -0.05) is 36.7 Å². The SMILES string of the molecule is COc1cc2c(c(C(C)(C)C)c1)OC(=O)C2=C1C(=O)Nc2c(Br)cc(Br)cc21. The highest BCUT2D eigenvalue weighted by molar-refractivity contribution is 9.11. The van der Waals surface area contributed by atoms with Gasteiger partial charge in [0.2, 0.25) is 0 Å². The Morgan fingerprint density at radius 3 is 2.36 bits per heavy atom. The summed E-state index contributed by atoms with van der Waals surface area (Å²) in [5, 5.41) is 2.84. The molecule has 0 aliphatic carbocycles. The van der Waals surface area contributed by atoms with Crippen molar-refractivity contribution in [3.63, 3.8) is 0 Å². The highest BCUT2D eigenvalue weighted by atomic mass is 79.9. The van der Waals surface area contributed by atoms with Crippen molar-refractivity contribution in [3.05, 3.63) is 49.9 Å². The minimum absolute atomic E-state index is 0.251. The normalized spacial score (nSPS) is 17.9. The molecule has 7 heteroatoms. The van der Waals surface area contributed by atoms with E-state index in [0.29, 0.717) is 33.9 Å². The second-order valence-corrected chi connectivity index (χ2v) is 9.48. The number of amides is 1. The Labute approximate surface area is 179 Å². The third-order valence-corrected chi connectivity index (χ3v) is 5.90. The molecule has 5 nitrogen and oxygen atoms in total. The first-order chi connectivity index (χ1) is 13.1. The van der Waals surface area contributed by atoms with Gasteiger partial charge >= 0.3 is 5.97 Å². The standard InChI is InChI=1S/C21H17Br2NO4/c1-21(2,3)13-8-10(27-4)7-12-16(20(26)28-18(12)13)15-11-5-9(22)6-14(23)17(11)24-19(15)25/h5-8H,1-4H3,(H,24,25). The van der Waals surface area contributed by atoms with Gasteiger partial charge in [0, 0.05) is 25.6 Å². The second kappa shape index (κ2) is 6.46. The number of nitrogens with one attached hydrogen (secondary N) is 1. The van der Waals surface area contributed by atoms with Gasteiger partial charge in [0.25, 0.3) is 5.91 Å². The van der Waals surface area contributed by atoms with Crippen LogP contribution in [0.4, 0.5) is 5.69 Å².